The highest BCUT2D eigenvalue weighted by molar-refractivity contribution is 5.74. The quantitative estimate of drug-likeness (QED) is 0.785. The smallest absolute Gasteiger partial charge is 0.310 e. The summed E-state index contributed by atoms with van der Waals surface area (Å²) in [7, 11) is 1.90. The lowest BCUT2D eigenvalue weighted by molar-refractivity contribution is -0.149. The lowest BCUT2D eigenvalue weighted by atomic mass is 9.82. The minimum atomic E-state index is -0.732. The van der Waals surface area contributed by atoms with Gasteiger partial charge in [0, 0.05) is 37.5 Å². The molecule has 5 nitrogen and oxygen atoms in total. The zero-order chi connectivity index (χ0) is 16.9. The van der Waals surface area contributed by atoms with Gasteiger partial charge in [-0.1, -0.05) is 44.2 Å². The standard InChI is InChI=1S/C18H25N3O2/c1-4-18(5-2,17(22)23)13-19-11-15-12-21(3)20-16(15)14-9-7-6-8-10-14/h6-10,12,19H,4-5,11,13H2,1-3H3,(H,22,23). The van der Waals surface area contributed by atoms with Crippen LogP contribution in [0.15, 0.2) is 36.5 Å². The van der Waals surface area contributed by atoms with Gasteiger partial charge < -0.3 is 10.4 Å². The first-order valence-corrected chi connectivity index (χ1v) is 8.04. The van der Waals surface area contributed by atoms with Crippen molar-refractivity contribution in [3.8, 4) is 11.3 Å². The van der Waals surface area contributed by atoms with Crippen molar-refractivity contribution in [1.29, 1.82) is 0 Å². The first kappa shape index (κ1) is 17.2. The molecule has 23 heavy (non-hydrogen) atoms. The number of nitrogens with zero attached hydrogens (tertiary/aromatic N) is 2. The zero-order valence-electron chi connectivity index (χ0n) is 14.0. The minimum Gasteiger partial charge on any atom is -0.481 e. The van der Waals surface area contributed by atoms with Crippen LogP contribution >= 0.6 is 0 Å². The van der Waals surface area contributed by atoms with Gasteiger partial charge in [0.25, 0.3) is 0 Å². The average Bonchev–Trinajstić information content (AvgIpc) is 2.93. The Bertz CT molecular complexity index is 646. The van der Waals surface area contributed by atoms with Gasteiger partial charge >= 0.3 is 5.97 Å². The molecule has 0 radical (unpaired) electrons. The molecular weight excluding hydrogens is 290 g/mol. The van der Waals surface area contributed by atoms with E-state index in [4.69, 9.17) is 0 Å². The van der Waals surface area contributed by atoms with Gasteiger partial charge in [0.15, 0.2) is 0 Å². The molecule has 124 valence electrons. The van der Waals surface area contributed by atoms with Crippen LogP contribution in [0.5, 0.6) is 0 Å². The van der Waals surface area contributed by atoms with Crippen molar-refractivity contribution in [2.75, 3.05) is 6.54 Å². The molecule has 2 rings (SSSR count). The lowest BCUT2D eigenvalue weighted by Crippen LogP contribution is -2.40. The summed E-state index contributed by atoms with van der Waals surface area (Å²) >= 11 is 0. The van der Waals surface area contributed by atoms with E-state index in [1.165, 1.54) is 0 Å². The second kappa shape index (κ2) is 7.42. The first-order valence-electron chi connectivity index (χ1n) is 8.04. The molecule has 0 aliphatic rings. The maximum Gasteiger partial charge on any atom is 0.310 e. The second-order valence-electron chi connectivity index (χ2n) is 5.94. The predicted molar refractivity (Wildman–Crippen MR) is 91.0 cm³/mol. The number of nitrogens with one attached hydrogen (secondary N) is 1. The molecule has 0 atom stereocenters. The molecule has 1 aromatic heterocycles. The van der Waals surface area contributed by atoms with Gasteiger partial charge in [0.2, 0.25) is 0 Å². The summed E-state index contributed by atoms with van der Waals surface area (Å²) in [6.07, 6.45) is 3.21. The molecule has 0 aliphatic carbocycles. The fourth-order valence-electron chi connectivity index (χ4n) is 2.82. The average molecular weight is 315 g/mol. The number of hydrogen-bond acceptors (Lipinski definition) is 3. The summed E-state index contributed by atoms with van der Waals surface area (Å²) in [5, 5.41) is 17.3. The predicted octanol–water partition coefficient (Wildman–Crippen LogP) is 3.07. The molecule has 5 heteroatoms. The van der Waals surface area contributed by atoms with Crippen molar-refractivity contribution in [3.63, 3.8) is 0 Å². The fourth-order valence-corrected chi connectivity index (χ4v) is 2.82. The Hall–Kier alpha value is -2.14. The monoisotopic (exact) mass is 315 g/mol. The van der Waals surface area contributed by atoms with Gasteiger partial charge in [-0.05, 0) is 12.8 Å². The van der Waals surface area contributed by atoms with Gasteiger partial charge in [-0.25, -0.2) is 0 Å². The Kier molecular flexibility index (Phi) is 5.55. The Balaban J connectivity index is 2.11. The topological polar surface area (TPSA) is 67.2 Å². The number of aromatic nitrogens is 2. The number of carbonyl (C=O) groups is 1. The van der Waals surface area contributed by atoms with Crippen LogP contribution in [-0.4, -0.2) is 27.4 Å². The number of rotatable bonds is 8. The van der Waals surface area contributed by atoms with Gasteiger partial charge in [-0.15, -0.1) is 0 Å². The number of carboxylic acids is 1. The van der Waals surface area contributed by atoms with Crippen LogP contribution in [0.25, 0.3) is 11.3 Å². The third-order valence-corrected chi connectivity index (χ3v) is 4.54. The zero-order valence-corrected chi connectivity index (χ0v) is 14.0. The van der Waals surface area contributed by atoms with Crippen LogP contribution in [0.1, 0.15) is 32.3 Å². The van der Waals surface area contributed by atoms with E-state index in [2.05, 4.69) is 10.4 Å². The third kappa shape index (κ3) is 3.79. The number of benzene rings is 1. The SMILES string of the molecule is CCC(CC)(CNCc1cn(C)nc1-c1ccccc1)C(=O)O. The molecule has 0 saturated heterocycles. The molecule has 0 fully saturated rings. The molecule has 0 unspecified atom stereocenters. The van der Waals surface area contributed by atoms with Crippen molar-refractivity contribution in [2.45, 2.75) is 33.2 Å². The minimum absolute atomic E-state index is 0.457. The number of aliphatic carboxylic acids is 1. The molecule has 0 amide bonds. The summed E-state index contributed by atoms with van der Waals surface area (Å²) in [6.45, 7) is 4.92. The van der Waals surface area contributed by atoms with E-state index >= 15 is 0 Å². The number of carboxylic acid groups (broad SMARTS) is 1. The Labute approximate surface area is 137 Å². The van der Waals surface area contributed by atoms with Crippen LogP contribution in [0, 0.1) is 5.41 Å². The molecule has 0 bridgehead atoms. The van der Waals surface area contributed by atoms with Crippen LogP contribution in [-0.2, 0) is 18.4 Å². The van der Waals surface area contributed by atoms with Crippen LogP contribution < -0.4 is 5.32 Å². The van der Waals surface area contributed by atoms with E-state index in [1.54, 1.807) is 4.68 Å². The van der Waals surface area contributed by atoms with Crippen LogP contribution in [0.2, 0.25) is 0 Å². The molecule has 0 aliphatic heterocycles. The molecular formula is C18H25N3O2. The van der Waals surface area contributed by atoms with E-state index in [1.807, 2.05) is 57.4 Å². The van der Waals surface area contributed by atoms with E-state index in [0.29, 0.717) is 25.9 Å². The Morgan fingerprint density at radius 3 is 2.48 bits per heavy atom. The van der Waals surface area contributed by atoms with Crippen LogP contribution in [0.3, 0.4) is 0 Å². The normalized spacial score (nSPS) is 11.6. The van der Waals surface area contributed by atoms with E-state index in [-0.39, 0.29) is 0 Å². The lowest BCUT2D eigenvalue weighted by Gasteiger charge is -2.27. The van der Waals surface area contributed by atoms with Crippen molar-refractivity contribution < 1.29 is 9.90 Å². The van der Waals surface area contributed by atoms with Crippen molar-refractivity contribution in [3.05, 3.63) is 42.1 Å². The number of aryl methyl sites for hydroxylation is 1. The largest absolute Gasteiger partial charge is 0.481 e. The maximum absolute atomic E-state index is 11.6. The molecule has 1 aromatic carbocycles. The third-order valence-electron chi connectivity index (χ3n) is 4.54. The molecule has 0 saturated carbocycles. The summed E-state index contributed by atoms with van der Waals surface area (Å²) in [5.74, 6) is -0.732. The van der Waals surface area contributed by atoms with Gasteiger partial charge in [-0.2, -0.15) is 5.10 Å². The Morgan fingerprint density at radius 2 is 1.91 bits per heavy atom. The first-order chi connectivity index (χ1) is 11.0. The summed E-state index contributed by atoms with van der Waals surface area (Å²) < 4.78 is 1.80. The summed E-state index contributed by atoms with van der Waals surface area (Å²) in [4.78, 5) is 11.6. The maximum atomic E-state index is 11.6. The molecule has 2 N–H and O–H groups in total. The van der Waals surface area contributed by atoms with Gasteiger partial charge in [0.1, 0.15) is 0 Å². The molecule has 0 spiro atoms. The second-order valence-corrected chi connectivity index (χ2v) is 5.94. The highest BCUT2D eigenvalue weighted by atomic mass is 16.4. The van der Waals surface area contributed by atoms with E-state index in [0.717, 1.165) is 16.8 Å². The Morgan fingerprint density at radius 1 is 1.26 bits per heavy atom. The van der Waals surface area contributed by atoms with Crippen LogP contribution in [0.4, 0.5) is 0 Å². The van der Waals surface area contributed by atoms with Gasteiger partial charge in [-0.3, -0.25) is 9.48 Å². The summed E-state index contributed by atoms with van der Waals surface area (Å²) in [5.41, 5.74) is 2.38. The van der Waals surface area contributed by atoms with Gasteiger partial charge in [0.05, 0.1) is 11.1 Å². The fraction of sp³-hybridized carbons (Fsp3) is 0.444. The highest BCUT2D eigenvalue weighted by Gasteiger charge is 2.34. The van der Waals surface area contributed by atoms with Crippen molar-refractivity contribution >= 4 is 5.97 Å². The van der Waals surface area contributed by atoms with Crippen molar-refractivity contribution in [2.24, 2.45) is 12.5 Å². The van der Waals surface area contributed by atoms with E-state index in [9.17, 15) is 9.90 Å². The van der Waals surface area contributed by atoms with Crippen molar-refractivity contribution in [1.82, 2.24) is 15.1 Å². The summed E-state index contributed by atoms with van der Waals surface area (Å²) in [6, 6.07) is 10.0. The molecule has 1 heterocycles. The number of hydrogen-bond donors (Lipinski definition) is 2. The molecule has 2 aromatic rings. The highest BCUT2D eigenvalue weighted by Crippen LogP contribution is 2.26. The van der Waals surface area contributed by atoms with E-state index < -0.39 is 11.4 Å².